The minimum Gasteiger partial charge on any atom is -0.341 e. The lowest BCUT2D eigenvalue weighted by atomic mass is 9.90. The van der Waals surface area contributed by atoms with Gasteiger partial charge in [0.05, 0.1) is 11.8 Å². The smallest absolute Gasteiger partial charge is 0.240 e. The van der Waals surface area contributed by atoms with Gasteiger partial charge in [-0.3, -0.25) is 4.79 Å². The van der Waals surface area contributed by atoms with Crippen LogP contribution in [0, 0.1) is 5.92 Å². The number of hydrogen-bond donors (Lipinski definition) is 1. The number of amides is 1. The molecular weight excluding hydrogens is 312 g/mol. The Morgan fingerprint density at radius 2 is 1.87 bits per heavy atom. The monoisotopic (exact) mass is 338 g/mol. The maximum Gasteiger partial charge on any atom is 0.240 e. The Labute approximate surface area is 139 Å². The summed E-state index contributed by atoms with van der Waals surface area (Å²) in [5.74, 6) is 0.452. The minimum absolute atomic E-state index is 0.0101. The van der Waals surface area contributed by atoms with Crippen LogP contribution in [0.15, 0.2) is 30.3 Å². The van der Waals surface area contributed by atoms with Gasteiger partial charge < -0.3 is 4.90 Å². The normalized spacial score (nSPS) is 17.9. The second-order valence-corrected chi connectivity index (χ2v) is 8.24. The Morgan fingerprint density at radius 3 is 2.43 bits per heavy atom. The predicted octanol–water partition coefficient (Wildman–Crippen LogP) is 1.80. The molecule has 0 saturated carbocycles. The standard InChI is InChI=1S/C17H26N2O3S/c1-3-23(21,22)18-14(2)17(20)19-11-9-16(10-12-19)13-15-7-5-4-6-8-15/h4-8,14,16,18H,3,9-13H2,1-2H3/t14-/m0/s1. The first-order valence-corrected chi connectivity index (χ1v) is 9.89. The van der Waals surface area contributed by atoms with Crippen molar-refractivity contribution in [3.05, 3.63) is 35.9 Å². The Hall–Kier alpha value is -1.40. The number of nitrogens with one attached hydrogen (secondary N) is 1. The van der Waals surface area contributed by atoms with Gasteiger partial charge in [0.25, 0.3) is 0 Å². The maximum absolute atomic E-state index is 12.4. The van der Waals surface area contributed by atoms with Gasteiger partial charge in [0.1, 0.15) is 0 Å². The summed E-state index contributed by atoms with van der Waals surface area (Å²) < 4.78 is 25.6. The van der Waals surface area contributed by atoms with E-state index in [1.54, 1.807) is 18.7 Å². The number of likely N-dealkylation sites (tertiary alicyclic amines) is 1. The molecule has 128 valence electrons. The summed E-state index contributed by atoms with van der Waals surface area (Å²) in [6.45, 7) is 4.59. The molecule has 5 nitrogen and oxygen atoms in total. The molecule has 1 amide bonds. The largest absolute Gasteiger partial charge is 0.341 e. The zero-order valence-corrected chi connectivity index (χ0v) is 14.7. The molecule has 0 spiro atoms. The van der Waals surface area contributed by atoms with Gasteiger partial charge >= 0.3 is 0 Å². The molecule has 1 heterocycles. The molecule has 2 rings (SSSR count). The van der Waals surface area contributed by atoms with Gasteiger partial charge in [-0.2, -0.15) is 0 Å². The van der Waals surface area contributed by atoms with Crippen molar-refractivity contribution in [1.29, 1.82) is 0 Å². The molecular formula is C17H26N2O3S. The van der Waals surface area contributed by atoms with Crippen molar-refractivity contribution in [3.8, 4) is 0 Å². The average Bonchev–Trinajstić information content (AvgIpc) is 2.55. The summed E-state index contributed by atoms with van der Waals surface area (Å²) in [5.41, 5.74) is 1.33. The first-order valence-electron chi connectivity index (χ1n) is 8.24. The summed E-state index contributed by atoms with van der Waals surface area (Å²) in [6, 6.07) is 9.71. The first kappa shape index (κ1) is 17.9. The van der Waals surface area contributed by atoms with Crippen LogP contribution in [0.1, 0.15) is 32.3 Å². The van der Waals surface area contributed by atoms with Gasteiger partial charge in [-0.15, -0.1) is 0 Å². The zero-order chi connectivity index (χ0) is 16.9. The van der Waals surface area contributed by atoms with E-state index in [9.17, 15) is 13.2 Å². The second kappa shape index (κ2) is 7.93. The molecule has 1 aromatic rings. The highest BCUT2D eigenvalue weighted by Crippen LogP contribution is 2.22. The molecule has 1 fully saturated rings. The summed E-state index contributed by atoms with van der Waals surface area (Å²) in [7, 11) is -3.35. The van der Waals surface area contributed by atoms with E-state index in [0.29, 0.717) is 19.0 Å². The van der Waals surface area contributed by atoms with Crippen molar-refractivity contribution in [2.75, 3.05) is 18.8 Å². The number of rotatable bonds is 6. The third kappa shape index (κ3) is 5.32. The highest BCUT2D eigenvalue weighted by atomic mass is 32.2. The number of hydrogen-bond acceptors (Lipinski definition) is 3. The summed E-state index contributed by atoms with van der Waals surface area (Å²) >= 11 is 0. The number of carbonyl (C=O) groups excluding carboxylic acids is 1. The number of nitrogens with zero attached hydrogens (tertiary/aromatic N) is 1. The van der Waals surface area contributed by atoms with E-state index in [1.165, 1.54) is 5.56 Å². The Morgan fingerprint density at radius 1 is 1.26 bits per heavy atom. The van der Waals surface area contributed by atoms with Crippen LogP contribution in [-0.2, 0) is 21.2 Å². The van der Waals surface area contributed by atoms with Crippen LogP contribution in [0.25, 0.3) is 0 Å². The van der Waals surface area contributed by atoms with Crippen molar-refractivity contribution in [3.63, 3.8) is 0 Å². The minimum atomic E-state index is -3.35. The molecule has 1 aliphatic rings. The maximum atomic E-state index is 12.4. The van der Waals surface area contributed by atoms with E-state index in [4.69, 9.17) is 0 Å². The number of benzene rings is 1. The van der Waals surface area contributed by atoms with Gasteiger partial charge in [-0.05, 0) is 44.6 Å². The van der Waals surface area contributed by atoms with Gasteiger partial charge in [-0.25, -0.2) is 13.1 Å². The lowest BCUT2D eigenvalue weighted by molar-refractivity contribution is -0.133. The fourth-order valence-electron chi connectivity index (χ4n) is 2.98. The van der Waals surface area contributed by atoms with Crippen molar-refractivity contribution >= 4 is 15.9 Å². The van der Waals surface area contributed by atoms with Gasteiger partial charge in [0.15, 0.2) is 0 Å². The predicted molar refractivity (Wildman–Crippen MR) is 91.5 cm³/mol. The van der Waals surface area contributed by atoms with Crippen molar-refractivity contribution < 1.29 is 13.2 Å². The van der Waals surface area contributed by atoms with E-state index >= 15 is 0 Å². The van der Waals surface area contributed by atoms with Crippen LogP contribution < -0.4 is 4.72 Å². The molecule has 1 aliphatic heterocycles. The molecule has 1 atom stereocenters. The Balaban J connectivity index is 1.83. The fourth-order valence-corrected chi connectivity index (χ4v) is 3.79. The average molecular weight is 338 g/mol. The molecule has 1 N–H and O–H groups in total. The van der Waals surface area contributed by atoms with Crippen molar-refractivity contribution in [2.24, 2.45) is 5.92 Å². The number of carbonyl (C=O) groups is 1. The second-order valence-electron chi connectivity index (χ2n) is 6.20. The van der Waals surface area contributed by atoms with E-state index in [-0.39, 0.29) is 11.7 Å². The fraction of sp³-hybridized carbons (Fsp3) is 0.588. The lowest BCUT2D eigenvalue weighted by Crippen LogP contribution is -2.49. The highest BCUT2D eigenvalue weighted by molar-refractivity contribution is 7.89. The van der Waals surface area contributed by atoms with Crippen LogP contribution in [-0.4, -0.2) is 44.1 Å². The van der Waals surface area contributed by atoms with Gasteiger partial charge in [0, 0.05) is 13.1 Å². The zero-order valence-electron chi connectivity index (χ0n) is 13.9. The third-order valence-electron chi connectivity index (χ3n) is 4.40. The molecule has 0 radical (unpaired) electrons. The van der Waals surface area contributed by atoms with Crippen LogP contribution in [0.5, 0.6) is 0 Å². The van der Waals surface area contributed by atoms with Gasteiger partial charge in [0.2, 0.25) is 15.9 Å². The molecule has 1 aromatic carbocycles. The van der Waals surface area contributed by atoms with Crippen LogP contribution in [0.2, 0.25) is 0 Å². The van der Waals surface area contributed by atoms with Crippen molar-refractivity contribution in [1.82, 2.24) is 9.62 Å². The Kier molecular flexibility index (Phi) is 6.18. The molecule has 0 aliphatic carbocycles. The number of sulfonamides is 1. The van der Waals surface area contributed by atoms with Crippen LogP contribution >= 0.6 is 0 Å². The lowest BCUT2D eigenvalue weighted by Gasteiger charge is -2.33. The molecule has 6 heteroatoms. The molecule has 0 unspecified atom stereocenters. The third-order valence-corrected chi connectivity index (χ3v) is 5.87. The summed E-state index contributed by atoms with van der Waals surface area (Å²) in [6.07, 6.45) is 2.97. The van der Waals surface area contributed by atoms with Crippen LogP contribution in [0.4, 0.5) is 0 Å². The Bertz CT molecular complexity index is 608. The molecule has 23 heavy (non-hydrogen) atoms. The topological polar surface area (TPSA) is 66.5 Å². The molecule has 0 bridgehead atoms. The van der Waals surface area contributed by atoms with E-state index in [1.807, 2.05) is 6.07 Å². The van der Waals surface area contributed by atoms with E-state index in [0.717, 1.165) is 19.3 Å². The highest BCUT2D eigenvalue weighted by Gasteiger charge is 2.27. The van der Waals surface area contributed by atoms with Crippen LogP contribution in [0.3, 0.4) is 0 Å². The molecule has 1 saturated heterocycles. The molecule has 0 aromatic heterocycles. The quantitative estimate of drug-likeness (QED) is 0.860. The van der Waals surface area contributed by atoms with E-state index in [2.05, 4.69) is 29.0 Å². The van der Waals surface area contributed by atoms with Gasteiger partial charge in [-0.1, -0.05) is 30.3 Å². The first-order chi connectivity index (χ1) is 10.9. The summed E-state index contributed by atoms with van der Waals surface area (Å²) in [4.78, 5) is 14.1. The number of piperidine rings is 1. The summed E-state index contributed by atoms with van der Waals surface area (Å²) in [5, 5.41) is 0. The SMILES string of the molecule is CCS(=O)(=O)N[C@@H](C)C(=O)N1CCC(Cc2ccccc2)CC1. The van der Waals surface area contributed by atoms with Crippen molar-refractivity contribution in [2.45, 2.75) is 39.2 Å². The van der Waals surface area contributed by atoms with E-state index < -0.39 is 16.1 Å².